The first kappa shape index (κ1) is 22.7. The molecule has 3 aliphatic rings. The molecule has 2 bridgehead atoms. The van der Waals surface area contributed by atoms with E-state index in [0.717, 1.165) is 45.4 Å². The third kappa shape index (κ3) is 5.58. The fourth-order valence-corrected chi connectivity index (χ4v) is 4.13. The lowest BCUT2D eigenvalue weighted by Crippen LogP contribution is -2.51. The van der Waals surface area contributed by atoms with E-state index in [9.17, 15) is 17.6 Å². The molecule has 1 N–H and O–H groups in total. The Morgan fingerprint density at radius 2 is 1.90 bits per heavy atom. The van der Waals surface area contributed by atoms with Gasteiger partial charge in [0.2, 0.25) is 0 Å². The minimum Gasteiger partial charge on any atom is -0.475 e. The van der Waals surface area contributed by atoms with Crippen molar-refractivity contribution >= 4 is 5.97 Å². The van der Waals surface area contributed by atoms with Gasteiger partial charge in [-0.2, -0.15) is 13.2 Å². The summed E-state index contributed by atoms with van der Waals surface area (Å²) >= 11 is 0. The van der Waals surface area contributed by atoms with Crippen LogP contribution in [-0.2, 0) is 14.3 Å². The zero-order valence-corrected chi connectivity index (χ0v) is 16.2. The van der Waals surface area contributed by atoms with E-state index < -0.39 is 18.0 Å². The third-order valence-electron chi connectivity index (χ3n) is 5.47. The second kappa shape index (κ2) is 9.88. The molecule has 4 rings (SSSR count). The standard InChI is InChI=1S/C17H23FN2O3.C2HF3O2/c18-13-2-1-7-19-17(13)23-16-14-3-4-15(16)22-11-8-20(14)12-5-9-21-10-6-12;3-2(4,5)1(6)7/h1-2,7,12,14-16H,3-6,8-11H2;(H,6,7). The average Bonchev–Trinajstić information content (AvgIpc) is 2.99. The van der Waals surface area contributed by atoms with E-state index in [1.165, 1.54) is 6.07 Å². The fourth-order valence-electron chi connectivity index (χ4n) is 4.13. The van der Waals surface area contributed by atoms with Crippen LogP contribution in [0.1, 0.15) is 25.7 Å². The second-order valence-electron chi connectivity index (χ2n) is 7.31. The van der Waals surface area contributed by atoms with Crippen LogP contribution in [0.2, 0.25) is 0 Å². The van der Waals surface area contributed by atoms with Crippen molar-refractivity contribution < 1.29 is 41.7 Å². The van der Waals surface area contributed by atoms with Gasteiger partial charge in [-0.3, -0.25) is 4.90 Å². The van der Waals surface area contributed by atoms with Crippen LogP contribution in [-0.4, -0.2) is 77.8 Å². The van der Waals surface area contributed by atoms with Crippen LogP contribution in [0.15, 0.2) is 18.3 Å². The average molecular weight is 436 g/mol. The van der Waals surface area contributed by atoms with Gasteiger partial charge in [-0.25, -0.2) is 14.2 Å². The van der Waals surface area contributed by atoms with Gasteiger partial charge < -0.3 is 19.3 Å². The van der Waals surface area contributed by atoms with Crippen LogP contribution in [0.5, 0.6) is 5.88 Å². The summed E-state index contributed by atoms with van der Waals surface area (Å²) in [4.78, 5) is 15.5. The Morgan fingerprint density at radius 3 is 2.53 bits per heavy atom. The van der Waals surface area contributed by atoms with E-state index in [1.54, 1.807) is 12.3 Å². The zero-order chi connectivity index (χ0) is 21.7. The zero-order valence-electron chi connectivity index (χ0n) is 16.2. The Balaban J connectivity index is 0.000000318. The highest BCUT2D eigenvalue weighted by atomic mass is 19.4. The summed E-state index contributed by atoms with van der Waals surface area (Å²) < 4.78 is 63.1. The maximum Gasteiger partial charge on any atom is 0.490 e. The number of fused-ring (bicyclic) bond motifs is 2. The third-order valence-corrected chi connectivity index (χ3v) is 5.47. The van der Waals surface area contributed by atoms with E-state index >= 15 is 0 Å². The van der Waals surface area contributed by atoms with Crippen LogP contribution >= 0.6 is 0 Å². The van der Waals surface area contributed by atoms with Crippen molar-refractivity contribution in [1.82, 2.24) is 9.88 Å². The molecule has 1 aromatic heterocycles. The molecular weight excluding hydrogens is 412 g/mol. The van der Waals surface area contributed by atoms with Gasteiger partial charge in [-0.1, -0.05) is 0 Å². The maximum atomic E-state index is 13.9. The van der Waals surface area contributed by atoms with Gasteiger partial charge in [0.05, 0.1) is 12.7 Å². The molecule has 2 saturated heterocycles. The number of halogens is 4. The van der Waals surface area contributed by atoms with Gasteiger partial charge >= 0.3 is 12.1 Å². The Kier molecular flexibility index (Phi) is 7.48. The minimum atomic E-state index is -5.08. The van der Waals surface area contributed by atoms with Crippen LogP contribution in [0, 0.1) is 5.82 Å². The van der Waals surface area contributed by atoms with Crippen molar-refractivity contribution in [2.24, 2.45) is 0 Å². The first-order valence-electron chi connectivity index (χ1n) is 9.79. The smallest absolute Gasteiger partial charge is 0.475 e. The van der Waals surface area contributed by atoms with Crippen molar-refractivity contribution in [3.05, 3.63) is 24.1 Å². The first-order chi connectivity index (χ1) is 14.3. The van der Waals surface area contributed by atoms with Gasteiger partial charge in [0.1, 0.15) is 6.10 Å². The number of carboxylic acids is 1. The van der Waals surface area contributed by atoms with E-state index in [0.29, 0.717) is 12.6 Å². The Hall–Kier alpha value is -1.98. The van der Waals surface area contributed by atoms with E-state index in [2.05, 4.69) is 9.88 Å². The highest BCUT2D eigenvalue weighted by Gasteiger charge is 2.46. The molecule has 0 amide bonds. The molecule has 168 valence electrons. The van der Waals surface area contributed by atoms with Crippen molar-refractivity contribution in [2.75, 3.05) is 26.4 Å². The van der Waals surface area contributed by atoms with Gasteiger partial charge in [-0.05, 0) is 37.8 Å². The summed E-state index contributed by atoms with van der Waals surface area (Å²) in [5.74, 6) is -3.08. The SMILES string of the molecule is Fc1cccnc1OC1C2CCC1N(C1CCOCC1)CCO2.O=C(O)C(F)(F)F. The predicted octanol–water partition coefficient (Wildman–Crippen LogP) is 2.64. The molecule has 3 heterocycles. The monoisotopic (exact) mass is 436 g/mol. The molecule has 3 atom stereocenters. The molecular formula is C19H24F4N2O5. The molecule has 1 aromatic rings. The summed E-state index contributed by atoms with van der Waals surface area (Å²) in [6, 6.07) is 3.74. The quantitative estimate of drug-likeness (QED) is 0.730. The largest absolute Gasteiger partial charge is 0.490 e. The lowest BCUT2D eigenvalue weighted by atomic mass is 10.0. The van der Waals surface area contributed by atoms with Crippen LogP contribution in [0.25, 0.3) is 0 Å². The topological polar surface area (TPSA) is 81.1 Å². The molecule has 30 heavy (non-hydrogen) atoms. The molecule has 3 fully saturated rings. The lowest BCUT2D eigenvalue weighted by Gasteiger charge is -2.39. The molecule has 7 nitrogen and oxygen atoms in total. The number of alkyl halides is 3. The Morgan fingerprint density at radius 1 is 1.20 bits per heavy atom. The van der Waals surface area contributed by atoms with Gasteiger partial charge in [-0.15, -0.1) is 0 Å². The molecule has 11 heteroatoms. The number of carboxylic acid groups (broad SMARTS) is 1. The molecule has 0 aromatic carbocycles. The molecule has 2 aliphatic heterocycles. The highest BCUT2D eigenvalue weighted by molar-refractivity contribution is 5.73. The van der Waals surface area contributed by atoms with Gasteiger partial charge in [0.25, 0.3) is 5.88 Å². The summed E-state index contributed by atoms with van der Waals surface area (Å²) in [6.45, 7) is 3.26. The first-order valence-corrected chi connectivity index (χ1v) is 9.79. The van der Waals surface area contributed by atoms with Crippen molar-refractivity contribution in [3.8, 4) is 5.88 Å². The molecule has 0 spiro atoms. The normalized spacial score (nSPS) is 27.7. The Bertz CT molecular complexity index is 714. The molecule has 1 aliphatic carbocycles. The summed E-state index contributed by atoms with van der Waals surface area (Å²) in [7, 11) is 0. The van der Waals surface area contributed by atoms with Crippen LogP contribution in [0.3, 0.4) is 0 Å². The number of aliphatic carboxylic acids is 1. The number of rotatable bonds is 3. The Labute approximate surface area is 170 Å². The van der Waals surface area contributed by atoms with E-state index in [4.69, 9.17) is 24.1 Å². The number of carbonyl (C=O) groups is 1. The molecule has 1 saturated carbocycles. The number of hydrogen-bond acceptors (Lipinski definition) is 6. The predicted molar refractivity (Wildman–Crippen MR) is 95.6 cm³/mol. The van der Waals surface area contributed by atoms with Crippen LogP contribution in [0.4, 0.5) is 17.6 Å². The number of aromatic nitrogens is 1. The van der Waals surface area contributed by atoms with Crippen molar-refractivity contribution in [1.29, 1.82) is 0 Å². The summed E-state index contributed by atoms with van der Waals surface area (Å²) in [5, 5.41) is 7.12. The lowest BCUT2D eigenvalue weighted by molar-refractivity contribution is -0.192. The fraction of sp³-hybridized carbons (Fsp3) is 0.684. The molecule has 3 unspecified atom stereocenters. The maximum absolute atomic E-state index is 13.9. The number of hydrogen-bond donors (Lipinski definition) is 1. The highest BCUT2D eigenvalue weighted by Crippen LogP contribution is 2.35. The number of ether oxygens (including phenoxy) is 3. The second-order valence-corrected chi connectivity index (χ2v) is 7.31. The number of nitrogens with zero attached hydrogens (tertiary/aromatic N) is 2. The van der Waals surface area contributed by atoms with Crippen molar-refractivity contribution in [3.63, 3.8) is 0 Å². The minimum absolute atomic E-state index is 0.0336. The van der Waals surface area contributed by atoms with Crippen LogP contribution < -0.4 is 4.74 Å². The van der Waals surface area contributed by atoms with E-state index in [1.807, 2.05) is 0 Å². The molecule has 0 radical (unpaired) electrons. The summed E-state index contributed by atoms with van der Waals surface area (Å²) in [6.07, 6.45) is 0.451. The van der Waals surface area contributed by atoms with Gasteiger partial charge in [0, 0.05) is 38.0 Å². The number of pyridine rings is 1. The van der Waals surface area contributed by atoms with Crippen molar-refractivity contribution in [2.45, 2.75) is 56.2 Å². The summed E-state index contributed by atoms with van der Waals surface area (Å²) in [5.41, 5.74) is 0. The van der Waals surface area contributed by atoms with E-state index in [-0.39, 0.29) is 24.1 Å². The van der Waals surface area contributed by atoms with Gasteiger partial charge in [0.15, 0.2) is 5.82 Å².